The highest BCUT2D eigenvalue weighted by Gasteiger charge is 2.17. The third-order valence-corrected chi connectivity index (χ3v) is 5.24. The van der Waals surface area contributed by atoms with Gasteiger partial charge in [-0.15, -0.1) is 0 Å². The molecule has 4 aromatic carbocycles. The van der Waals surface area contributed by atoms with Crippen LogP contribution in [0.3, 0.4) is 0 Å². The van der Waals surface area contributed by atoms with Crippen LogP contribution in [0, 0.1) is 5.82 Å². The van der Waals surface area contributed by atoms with Gasteiger partial charge in [-0.2, -0.15) is 0 Å². The normalized spacial score (nSPS) is 11.0. The number of fused-ring (bicyclic) bond motifs is 3. The lowest BCUT2D eigenvalue weighted by Crippen LogP contribution is -2.02. The van der Waals surface area contributed by atoms with Crippen LogP contribution in [-0.2, 0) is 0 Å². The van der Waals surface area contributed by atoms with Gasteiger partial charge in [0.25, 0.3) is 0 Å². The molecule has 1 aromatic heterocycles. The van der Waals surface area contributed by atoms with Crippen LogP contribution in [0.5, 0.6) is 17.2 Å². The van der Waals surface area contributed by atoms with Crippen molar-refractivity contribution >= 4 is 27.5 Å². The number of ketones is 1. The van der Waals surface area contributed by atoms with E-state index in [1.807, 2.05) is 42.5 Å². The number of H-pyrrole nitrogens is 1. The molecule has 0 aliphatic carbocycles. The molecule has 31 heavy (non-hydrogen) atoms. The SMILES string of the molecule is COc1cc(C(=O)c2cc3c(cc(F)c4ccccc43)[nH]2)ccc1Oc1ccccc1. The van der Waals surface area contributed by atoms with Crippen LogP contribution in [0.1, 0.15) is 16.1 Å². The van der Waals surface area contributed by atoms with E-state index in [4.69, 9.17) is 9.47 Å². The summed E-state index contributed by atoms with van der Waals surface area (Å²) >= 11 is 0. The first-order valence-electron chi connectivity index (χ1n) is 9.79. The molecule has 1 N–H and O–H groups in total. The molecule has 5 heteroatoms. The van der Waals surface area contributed by atoms with Crippen LogP contribution in [0.25, 0.3) is 21.7 Å². The maximum atomic E-state index is 14.4. The van der Waals surface area contributed by atoms with Crippen molar-refractivity contribution in [3.05, 3.63) is 102 Å². The largest absolute Gasteiger partial charge is 0.493 e. The molecule has 1 heterocycles. The topological polar surface area (TPSA) is 51.3 Å². The van der Waals surface area contributed by atoms with E-state index in [-0.39, 0.29) is 11.6 Å². The van der Waals surface area contributed by atoms with Gasteiger partial charge < -0.3 is 14.5 Å². The van der Waals surface area contributed by atoms with Gasteiger partial charge in [-0.25, -0.2) is 4.39 Å². The van der Waals surface area contributed by atoms with Gasteiger partial charge in [0.2, 0.25) is 5.78 Å². The molecule has 0 radical (unpaired) electrons. The number of carbonyl (C=O) groups is 1. The van der Waals surface area contributed by atoms with Crippen LogP contribution in [0.15, 0.2) is 84.9 Å². The maximum absolute atomic E-state index is 14.4. The Balaban J connectivity index is 1.52. The van der Waals surface area contributed by atoms with Crippen molar-refractivity contribution in [1.29, 1.82) is 0 Å². The lowest BCUT2D eigenvalue weighted by molar-refractivity contribution is 0.103. The summed E-state index contributed by atoms with van der Waals surface area (Å²) in [6, 6.07) is 24.8. The van der Waals surface area contributed by atoms with Gasteiger partial charge in [0.1, 0.15) is 11.6 Å². The minimum Gasteiger partial charge on any atom is -0.493 e. The van der Waals surface area contributed by atoms with Crippen molar-refractivity contribution < 1.29 is 18.7 Å². The molecule has 0 amide bonds. The van der Waals surface area contributed by atoms with Gasteiger partial charge in [0.15, 0.2) is 11.5 Å². The predicted octanol–water partition coefficient (Wildman–Crippen LogP) is 6.49. The van der Waals surface area contributed by atoms with E-state index >= 15 is 0 Å². The number of hydrogen-bond donors (Lipinski definition) is 1. The highest BCUT2D eigenvalue weighted by atomic mass is 19.1. The fourth-order valence-electron chi connectivity index (χ4n) is 3.72. The second kappa shape index (κ2) is 7.61. The third kappa shape index (κ3) is 3.40. The number of methoxy groups -OCH3 is 1. The molecule has 0 aliphatic rings. The molecule has 0 fully saturated rings. The summed E-state index contributed by atoms with van der Waals surface area (Å²) in [5.41, 5.74) is 1.40. The summed E-state index contributed by atoms with van der Waals surface area (Å²) < 4.78 is 25.7. The maximum Gasteiger partial charge on any atom is 0.209 e. The lowest BCUT2D eigenvalue weighted by atomic mass is 10.0. The average Bonchev–Trinajstić information content (AvgIpc) is 3.24. The first kappa shape index (κ1) is 18.9. The van der Waals surface area contributed by atoms with E-state index in [1.165, 1.54) is 13.2 Å². The number of benzene rings is 4. The van der Waals surface area contributed by atoms with Crippen LogP contribution in [-0.4, -0.2) is 17.9 Å². The first-order chi connectivity index (χ1) is 15.1. The summed E-state index contributed by atoms with van der Waals surface area (Å²) in [5, 5.41) is 2.09. The van der Waals surface area contributed by atoms with Crippen LogP contribution >= 0.6 is 0 Å². The number of rotatable bonds is 5. The number of nitrogens with one attached hydrogen (secondary N) is 1. The van der Waals surface area contributed by atoms with E-state index in [2.05, 4.69) is 4.98 Å². The van der Waals surface area contributed by atoms with Gasteiger partial charge in [0, 0.05) is 21.9 Å². The highest BCUT2D eigenvalue weighted by Crippen LogP contribution is 2.34. The van der Waals surface area contributed by atoms with Crippen molar-refractivity contribution in [3.63, 3.8) is 0 Å². The average molecular weight is 411 g/mol. The molecule has 4 nitrogen and oxygen atoms in total. The van der Waals surface area contributed by atoms with Crippen molar-refractivity contribution in [2.45, 2.75) is 0 Å². The summed E-state index contributed by atoms with van der Waals surface area (Å²) in [4.78, 5) is 16.2. The Morgan fingerprint density at radius 2 is 1.55 bits per heavy atom. The van der Waals surface area contributed by atoms with Gasteiger partial charge in [-0.1, -0.05) is 42.5 Å². The van der Waals surface area contributed by atoms with Crippen LogP contribution in [0.2, 0.25) is 0 Å². The Morgan fingerprint density at radius 1 is 0.806 bits per heavy atom. The molecule has 0 unspecified atom stereocenters. The Kier molecular flexibility index (Phi) is 4.64. The van der Waals surface area contributed by atoms with E-state index < -0.39 is 0 Å². The molecule has 0 saturated heterocycles. The fraction of sp³-hybridized carbons (Fsp3) is 0.0385. The molecular weight excluding hydrogens is 393 g/mol. The van der Waals surface area contributed by atoms with Crippen LogP contribution < -0.4 is 9.47 Å². The molecule has 5 rings (SSSR count). The lowest BCUT2D eigenvalue weighted by Gasteiger charge is -2.11. The summed E-state index contributed by atoms with van der Waals surface area (Å²) in [6.07, 6.45) is 0. The number of aromatic nitrogens is 1. The number of carbonyl (C=O) groups excluding carboxylic acids is 1. The number of aromatic amines is 1. The van der Waals surface area contributed by atoms with E-state index in [0.29, 0.717) is 39.4 Å². The van der Waals surface area contributed by atoms with E-state index in [1.54, 1.807) is 36.4 Å². The standard InChI is InChI=1S/C26H18FNO3/c1-30-25-13-16(11-12-24(25)31-17-7-3-2-4-8-17)26(29)23-14-20-18-9-5-6-10-19(18)21(27)15-22(20)28-23/h2-15,28H,1H3. The number of halogens is 1. The zero-order chi connectivity index (χ0) is 21.4. The quantitative estimate of drug-likeness (QED) is 0.336. The second-order valence-corrected chi connectivity index (χ2v) is 7.16. The van der Waals surface area contributed by atoms with Crippen LogP contribution in [0.4, 0.5) is 4.39 Å². The van der Waals surface area contributed by atoms with Gasteiger partial charge in [-0.3, -0.25) is 4.79 Å². The molecule has 0 spiro atoms. The van der Waals surface area contributed by atoms with Crippen molar-refractivity contribution in [3.8, 4) is 17.2 Å². The Labute approximate surface area is 177 Å². The Hall–Kier alpha value is -4.12. The van der Waals surface area contributed by atoms with Gasteiger partial charge in [0.05, 0.1) is 12.8 Å². The molecule has 0 saturated carbocycles. The van der Waals surface area contributed by atoms with E-state index in [0.717, 1.165) is 10.8 Å². The molecule has 0 bridgehead atoms. The zero-order valence-electron chi connectivity index (χ0n) is 16.7. The monoisotopic (exact) mass is 411 g/mol. The highest BCUT2D eigenvalue weighted by molar-refractivity contribution is 6.14. The van der Waals surface area contributed by atoms with Crippen molar-refractivity contribution in [1.82, 2.24) is 4.98 Å². The minimum atomic E-state index is -0.326. The molecule has 152 valence electrons. The third-order valence-electron chi connectivity index (χ3n) is 5.24. The molecule has 0 atom stereocenters. The Morgan fingerprint density at radius 3 is 2.32 bits per heavy atom. The predicted molar refractivity (Wildman–Crippen MR) is 119 cm³/mol. The number of hydrogen-bond acceptors (Lipinski definition) is 3. The number of ether oxygens (including phenoxy) is 2. The van der Waals surface area contributed by atoms with Gasteiger partial charge >= 0.3 is 0 Å². The summed E-state index contributed by atoms with van der Waals surface area (Å²) in [6.45, 7) is 0. The van der Waals surface area contributed by atoms with Crippen molar-refractivity contribution in [2.75, 3.05) is 7.11 Å². The summed E-state index contributed by atoms with van der Waals surface area (Å²) in [5.74, 6) is 1.08. The van der Waals surface area contributed by atoms with Gasteiger partial charge in [-0.05, 0) is 47.9 Å². The molecule has 5 aromatic rings. The minimum absolute atomic E-state index is 0.217. The molecular formula is C26H18FNO3. The number of para-hydroxylation sites is 1. The fourth-order valence-corrected chi connectivity index (χ4v) is 3.72. The zero-order valence-corrected chi connectivity index (χ0v) is 16.7. The smallest absolute Gasteiger partial charge is 0.209 e. The van der Waals surface area contributed by atoms with Crippen molar-refractivity contribution in [2.24, 2.45) is 0 Å². The first-order valence-corrected chi connectivity index (χ1v) is 9.79. The summed E-state index contributed by atoms with van der Waals surface area (Å²) in [7, 11) is 1.53. The molecule has 0 aliphatic heterocycles. The second-order valence-electron chi connectivity index (χ2n) is 7.16. The van der Waals surface area contributed by atoms with E-state index in [9.17, 15) is 9.18 Å². The Bertz CT molecular complexity index is 1420.